The van der Waals surface area contributed by atoms with Crippen LogP contribution >= 0.6 is 9.69 Å². The molecule has 0 aliphatic heterocycles. The first-order valence-corrected chi connectivity index (χ1v) is 11.0. The fourth-order valence-electron chi connectivity index (χ4n) is 3.50. The van der Waals surface area contributed by atoms with E-state index < -0.39 is 6.04 Å². The van der Waals surface area contributed by atoms with Gasteiger partial charge in [-0.1, -0.05) is 46.8 Å². The van der Waals surface area contributed by atoms with Gasteiger partial charge in [0.15, 0.2) is 0 Å². The molecule has 5 heteroatoms. The predicted octanol–water partition coefficient (Wildman–Crippen LogP) is 5.97. The average Bonchev–Trinajstić information content (AvgIpc) is 2.82. The van der Waals surface area contributed by atoms with E-state index in [-0.39, 0.29) is 14.0 Å². The zero-order valence-corrected chi connectivity index (χ0v) is 19.6. The Kier molecular flexibility index (Phi) is 16.0. The number of aliphatic hydroxyl groups excluding tert-OH is 1. The quantitative estimate of drug-likeness (QED) is 0.433. The molecule has 1 fully saturated rings. The van der Waals surface area contributed by atoms with Crippen molar-refractivity contribution in [3.8, 4) is 5.75 Å². The van der Waals surface area contributed by atoms with Gasteiger partial charge in [0, 0.05) is 6.61 Å². The molecule has 1 aromatic rings. The molecule has 0 bridgehead atoms. The van der Waals surface area contributed by atoms with Crippen LogP contribution in [0, 0.1) is 37.0 Å². The van der Waals surface area contributed by atoms with E-state index in [4.69, 9.17) is 15.6 Å². The van der Waals surface area contributed by atoms with Crippen molar-refractivity contribution in [2.45, 2.75) is 47.1 Å². The molecule has 154 valence electrons. The van der Waals surface area contributed by atoms with E-state index in [9.17, 15) is 0 Å². The summed E-state index contributed by atoms with van der Waals surface area (Å²) in [6.07, 6.45) is 0.584. The number of methoxy groups -OCH3 is 1. The molecule has 26 heavy (non-hydrogen) atoms. The first kappa shape index (κ1) is 28.1. The van der Waals surface area contributed by atoms with Crippen molar-refractivity contribution in [2.75, 3.05) is 13.7 Å². The third-order valence-electron chi connectivity index (χ3n) is 6.01. The number of halogens is 1. The number of ether oxygens (including phenoxy) is 1. The van der Waals surface area contributed by atoms with Crippen LogP contribution < -0.4 is 4.74 Å². The zero-order valence-electron chi connectivity index (χ0n) is 17.3. The molecule has 0 heterocycles. The van der Waals surface area contributed by atoms with Crippen molar-refractivity contribution >= 4 is 9.69 Å². The van der Waals surface area contributed by atoms with Gasteiger partial charge in [0.2, 0.25) is 0 Å². The molecule has 0 saturated heterocycles. The van der Waals surface area contributed by atoms with E-state index in [0.717, 1.165) is 40.9 Å². The summed E-state index contributed by atoms with van der Waals surface area (Å²) in [6.45, 7) is 11.9. The van der Waals surface area contributed by atoms with Gasteiger partial charge < -0.3 is 23.0 Å². The minimum absolute atomic E-state index is 0. The van der Waals surface area contributed by atoms with Gasteiger partial charge in [-0.2, -0.15) is 0 Å². The molecule has 1 atom stereocenters. The van der Waals surface area contributed by atoms with E-state index in [1.807, 2.05) is 41.6 Å². The summed E-state index contributed by atoms with van der Waals surface area (Å²) < 4.78 is 5.00. The summed E-state index contributed by atoms with van der Waals surface area (Å²) in [5.41, 5.74) is 8.43. The van der Waals surface area contributed by atoms with Gasteiger partial charge in [0.1, 0.15) is 5.75 Å². The number of nitrogens with one attached hydrogen (secondary N) is 1. The number of hydrogen-bond donors (Lipinski definition) is 1. The third-order valence-corrected chi connectivity index (χ3v) is 6.01. The molecule has 1 aliphatic rings. The summed E-state index contributed by atoms with van der Waals surface area (Å²) in [5.74, 6) is 5.49. The Morgan fingerprint density at radius 1 is 0.962 bits per heavy atom. The molecule has 3 nitrogen and oxygen atoms in total. The first-order chi connectivity index (χ1) is 11.8. The average molecular weight is 474 g/mol. The van der Waals surface area contributed by atoms with E-state index in [0.29, 0.717) is 6.42 Å². The second-order valence-electron chi connectivity index (χ2n) is 7.23. The van der Waals surface area contributed by atoms with Crippen LogP contribution in [0.15, 0.2) is 24.3 Å². The van der Waals surface area contributed by atoms with E-state index in [1.54, 1.807) is 7.11 Å². The molecule has 2 rings (SSSR count). The Bertz CT molecular complexity index is 413. The summed E-state index contributed by atoms with van der Waals surface area (Å²) in [4.78, 5) is 0. The summed E-state index contributed by atoms with van der Waals surface area (Å²) in [6, 6.07) is 7.12. The van der Waals surface area contributed by atoms with Gasteiger partial charge in [0.25, 0.3) is 0 Å². The van der Waals surface area contributed by atoms with E-state index >= 15 is 0 Å². The van der Waals surface area contributed by atoms with Gasteiger partial charge in [-0.25, -0.2) is 0 Å². The maximum absolute atomic E-state index is 8.68. The normalized spacial score (nSPS) is 27.8. The van der Waals surface area contributed by atoms with Gasteiger partial charge in [-0.15, -0.1) is 6.04 Å². The van der Waals surface area contributed by atoms with Crippen molar-refractivity contribution in [2.24, 2.45) is 29.6 Å². The number of hydrogen-bond acceptors (Lipinski definition) is 2. The number of benzene rings is 1. The van der Waals surface area contributed by atoms with Crippen LogP contribution in [0.4, 0.5) is 0 Å². The molecule has 2 N–H and O–H groups in total. The SMILES string of the molecule is CC1C(C)C(C)C(C)C1C.COc1ccc(C[C@H]([NH-])CO)cc1.[CH3-].[Cl][Rh+2]. The van der Waals surface area contributed by atoms with Crippen LogP contribution in [0.25, 0.3) is 5.73 Å². The van der Waals surface area contributed by atoms with Crippen molar-refractivity contribution in [1.29, 1.82) is 0 Å². The predicted molar refractivity (Wildman–Crippen MR) is 110 cm³/mol. The Balaban J connectivity index is 0. The second kappa shape index (κ2) is 14.9. The topological polar surface area (TPSA) is 53.3 Å². The molecule has 0 amide bonds. The molecule has 0 unspecified atom stereocenters. The zero-order chi connectivity index (χ0) is 19.6. The number of aliphatic hydroxyl groups is 1. The Morgan fingerprint density at radius 2 is 1.31 bits per heavy atom. The molecule has 1 aliphatic carbocycles. The monoisotopic (exact) mass is 473 g/mol. The molecule has 0 aromatic heterocycles. The van der Waals surface area contributed by atoms with E-state index in [2.05, 4.69) is 44.3 Å². The van der Waals surface area contributed by atoms with Crippen LogP contribution in [-0.4, -0.2) is 24.9 Å². The third kappa shape index (κ3) is 8.69. The minimum atomic E-state index is -0.423. The number of rotatable bonds is 4. The summed E-state index contributed by atoms with van der Waals surface area (Å²) >= 11 is 2.02. The Morgan fingerprint density at radius 3 is 1.58 bits per heavy atom. The standard InChI is InChI=1S/C10H14NO2.C10H20.CH3.ClH.Rh/c1-13-10-4-2-8(3-5-10)6-9(11)7-12;1-6-7(2)9(4)10(5)8(6)3;;;/h2-5,9,11-12H,6-7H2,1H3;6-10H,1-5H3;1H3;1H;/q-1;;-1;;+3/p-1/t9-;;;;/m0..../s1. The second-order valence-corrected chi connectivity index (χ2v) is 7.23. The van der Waals surface area contributed by atoms with Crippen LogP contribution in [0.5, 0.6) is 5.75 Å². The molecule has 0 spiro atoms. The fraction of sp³-hybridized carbons (Fsp3) is 0.667. The van der Waals surface area contributed by atoms with Crippen LogP contribution in [0.3, 0.4) is 0 Å². The van der Waals surface area contributed by atoms with Gasteiger partial charge >= 0.3 is 27.0 Å². The molecular weight excluding hydrogens is 437 g/mol. The summed E-state index contributed by atoms with van der Waals surface area (Å²) in [7, 11) is 6.15. The van der Waals surface area contributed by atoms with Gasteiger partial charge in [-0.05, 0) is 53.7 Å². The fourth-order valence-corrected chi connectivity index (χ4v) is 3.50. The Labute approximate surface area is 175 Å². The van der Waals surface area contributed by atoms with Crippen LogP contribution in [0.1, 0.15) is 40.2 Å². The van der Waals surface area contributed by atoms with Crippen molar-refractivity contribution < 1.29 is 27.2 Å². The molecule has 0 radical (unpaired) electrons. The Hall–Kier alpha value is -0.147. The molecular formula is C21H37ClNO2Rh. The van der Waals surface area contributed by atoms with Crippen LogP contribution in [-0.2, 0) is 23.7 Å². The van der Waals surface area contributed by atoms with Crippen molar-refractivity contribution in [3.05, 3.63) is 43.0 Å². The van der Waals surface area contributed by atoms with Crippen LogP contribution in [0.2, 0.25) is 0 Å². The van der Waals surface area contributed by atoms with Gasteiger partial charge in [0.05, 0.1) is 7.11 Å². The van der Waals surface area contributed by atoms with E-state index in [1.165, 1.54) is 0 Å². The first-order valence-electron chi connectivity index (χ1n) is 8.89. The summed E-state index contributed by atoms with van der Waals surface area (Å²) in [5, 5.41) is 8.68. The van der Waals surface area contributed by atoms with Gasteiger partial charge in [-0.3, -0.25) is 0 Å². The molecule has 1 saturated carbocycles. The maximum atomic E-state index is 8.68. The van der Waals surface area contributed by atoms with Crippen molar-refractivity contribution in [3.63, 3.8) is 0 Å². The van der Waals surface area contributed by atoms with Crippen molar-refractivity contribution in [1.82, 2.24) is 0 Å². The molecule has 1 aromatic carbocycles.